The van der Waals surface area contributed by atoms with E-state index < -0.39 is 0 Å². The average Bonchev–Trinajstić information content (AvgIpc) is 2.11. The zero-order valence-electron chi connectivity index (χ0n) is 8.38. The molecule has 0 rings (SSSR count). The number of hydrogen-bond donors (Lipinski definition) is 1. The van der Waals surface area contributed by atoms with Crippen LogP contribution in [0.3, 0.4) is 0 Å². The highest BCUT2D eigenvalue weighted by Crippen LogP contribution is 2.10. The van der Waals surface area contributed by atoms with Gasteiger partial charge in [-0.25, -0.2) is 4.89 Å². The summed E-state index contributed by atoms with van der Waals surface area (Å²) in [5.41, 5.74) is 0. The SMILES string of the molecule is CCCCCCCC(CC)OO. The van der Waals surface area contributed by atoms with Gasteiger partial charge in [-0.05, 0) is 12.8 Å². The summed E-state index contributed by atoms with van der Waals surface area (Å²) in [7, 11) is 0. The van der Waals surface area contributed by atoms with Gasteiger partial charge in [-0.2, -0.15) is 0 Å². The maximum absolute atomic E-state index is 8.43. The highest BCUT2D eigenvalue weighted by atomic mass is 17.1. The van der Waals surface area contributed by atoms with Gasteiger partial charge in [0, 0.05) is 0 Å². The second kappa shape index (κ2) is 9.01. The normalized spacial score (nSPS) is 13.2. The summed E-state index contributed by atoms with van der Waals surface area (Å²) in [6.07, 6.45) is 8.35. The molecule has 0 aliphatic carbocycles. The molecule has 2 nitrogen and oxygen atoms in total. The Bertz CT molecular complexity index is 79.9. The fourth-order valence-electron chi connectivity index (χ4n) is 1.31. The van der Waals surface area contributed by atoms with Crippen molar-refractivity contribution in [2.24, 2.45) is 0 Å². The third-order valence-corrected chi connectivity index (χ3v) is 2.23. The molecule has 0 spiro atoms. The highest BCUT2D eigenvalue weighted by Gasteiger charge is 2.04. The van der Waals surface area contributed by atoms with Gasteiger partial charge in [-0.3, -0.25) is 5.26 Å². The zero-order chi connectivity index (χ0) is 9.23. The molecule has 1 atom stereocenters. The Morgan fingerprint density at radius 1 is 1.08 bits per heavy atom. The van der Waals surface area contributed by atoms with E-state index in [2.05, 4.69) is 11.8 Å². The number of rotatable bonds is 8. The van der Waals surface area contributed by atoms with Crippen LogP contribution >= 0.6 is 0 Å². The van der Waals surface area contributed by atoms with Crippen LogP contribution in [0.2, 0.25) is 0 Å². The van der Waals surface area contributed by atoms with Gasteiger partial charge in [0.05, 0.1) is 6.10 Å². The fraction of sp³-hybridized carbons (Fsp3) is 1.00. The zero-order valence-corrected chi connectivity index (χ0v) is 8.38. The van der Waals surface area contributed by atoms with Crippen LogP contribution in [0, 0.1) is 0 Å². The van der Waals surface area contributed by atoms with Crippen LogP contribution < -0.4 is 0 Å². The first-order chi connectivity index (χ1) is 5.85. The van der Waals surface area contributed by atoms with Crippen molar-refractivity contribution >= 4 is 0 Å². The summed E-state index contributed by atoms with van der Waals surface area (Å²) in [5, 5.41) is 8.43. The Hall–Kier alpha value is -0.0800. The first kappa shape index (κ1) is 11.9. The van der Waals surface area contributed by atoms with Crippen molar-refractivity contribution in [3.05, 3.63) is 0 Å². The molecule has 0 amide bonds. The lowest BCUT2D eigenvalue weighted by molar-refractivity contribution is -0.280. The molecular formula is C10H22O2. The molecule has 0 saturated heterocycles. The van der Waals surface area contributed by atoms with E-state index in [-0.39, 0.29) is 6.10 Å². The van der Waals surface area contributed by atoms with E-state index in [1.165, 1.54) is 32.1 Å². The predicted octanol–water partition coefficient (Wildman–Crippen LogP) is 3.62. The van der Waals surface area contributed by atoms with E-state index in [1.807, 2.05) is 6.92 Å². The fourth-order valence-corrected chi connectivity index (χ4v) is 1.31. The van der Waals surface area contributed by atoms with Gasteiger partial charge < -0.3 is 0 Å². The van der Waals surface area contributed by atoms with Crippen LogP contribution in [0.25, 0.3) is 0 Å². The van der Waals surface area contributed by atoms with Gasteiger partial charge >= 0.3 is 0 Å². The number of hydrogen-bond acceptors (Lipinski definition) is 2. The van der Waals surface area contributed by atoms with Gasteiger partial charge in [0.2, 0.25) is 0 Å². The molecule has 1 N–H and O–H groups in total. The van der Waals surface area contributed by atoms with E-state index >= 15 is 0 Å². The first-order valence-electron chi connectivity index (χ1n) is 5.15. The van der Waals surface area contributed by atoms with E-state index in [1.54, 1.807) is 0 Å². The molecule has 2 heteroatoms. The van der Waals surface area contributed by atoms with Crippen molar-refractivity contribution in [2.45, 2.75) is 64.9 Å². The van der Waals surface area contributed by atoms with Gasteiger partial charge in [0.15, 0.2) is 0 Å². The second-order valence-corrected chi connectivity index (χ2v) is 3.34. The molecule has 0 aliphatic heterocycles. The molecule has 0 aliphatic rings. The Balaban J connectivity index is 3.06. The predicted molar refractivity (Wildman–Crippen MR) is 51.2 cm³/mol. The molecule has 0 heterocycles. The molecule has 0 fully saturated rings. The van der Waals surface area contributed by atoms with Crippen molar-refractivity contribution in [1.82, 2.24) is 0 Å². The van der Waals surface area contributed by atoms with Gasteiger partial charge in [0.25, 0.3) is 0 Å². The van der Waals surface area contributed by atoms with E-state index in [4.69, 9.17) is 5.26 Å². The third kappa shape index (κ3) is 6.62. The molecule has 0 aromatic carbocycles. The summed E-state index contributed by atoms with van der Waals surface area (Å²) in [5.74, 6) is 0. The van der Waals surface area contributed by atoms with Gasteiger partial charge in [-0.1, -0.05) is 46.0 Å². The maximum Gasteiger partial charge on any atom is 0.0924 e. The van der Waals surface area contributed by atoms with Crippen LogP contribution in [-0.4, -0.2) is 11.4 Å². The molecular weight excluding hydrogens is 152 g/mol. The summed E-state index contributed by atoms with van der Waals surface area (Å²) >= 11 is 0. The Labute approximate surface area is 75.9 Å². The second-order valence-electron chi connectivity index (χ2n) is 3.34. The molecule has 0 bridgehead atoms. The highest BCUT2D eigenvalue weighted by molar-refractivity contribution is 4.53. The van der Waals surface area contributed by atoms with Crippen LogP contribution in [0.15, 0.2) is 0 Å². The van der Waals surface area contributed by atoms with E-state index in [9.17, 15) is 0 Å². The minimum atomic E-state index is 0.0617. The third-order valence-electron chi connectivity index (χ3n) is 2.23. The number of unbranched alkanes of at least 4 members (excludes halogenated alkanes) is 4. The summed E-state index contributed by atoms with van der Waals surface area (Å²) in [4.78, 5) is 4.31. The topological polar surface area (TPSA) is 29.5 Å². The minimum absolute atomic E-state index is 0.0617. The van der Waals surface area contributed by atoms with Crippen molar-refractivity contribution < 1.29 is 10.1 Å². The van der Waals surface area contributed by atoms with Crippen molar-refractivity contribution in [1.29, 1.82) is 0 Å². The van der Waals surface area contributed by atoms with Crippen molar-refractivity contribution in [3.8, 4) is 0 Å². The van der Waals surface area contributed by atoms with Crippen LogP contribution in [0.5, 0.6) is 0 Å². The Morgan fingerprint density at radius 3 is 2.25 bits per heavy atom. The molecule has 0 saturated carbocycles. The van der Waals surface area contributed by atoms with Crippen LogP contribution in [0.1, 0.15) is 58.8 Å². The molecule has 0 aromatic heterocycles. The van der Waals surface area contributed by atoms with Gasteiger partial charge in [-0.15, -0.1) is 0 Å². The van der Waals surface area contributed by atoms with Crippen LogP contribution in [-0.2, 0) is 4.89 Å². The average molecular weight is 174 g/mol. The Kier molecular flexibility index (Phi) is 8.95. The van der Waals surface area contributed by atoms with Crippen LogP contribution in [0.4, 0.5) is 0 Å². The molecule has 1 unspecified atom stereocenters. The standard InChI is InChI=1S/C10H22O2/c1-3-5-6-7-8-9-10(4-2)12-11/h10-11H,3-9H2,1-2H3. The first-order valence-corrected chi connectivity index (χ1v) is 5.15. The lowest BCUT2D eigenvalue weighted by atomic mass is 10.1. The van der Waals surface area contributed by atoms with E-state index in [0.29, 0.717) is 0 Å². The van der Waals surface area contributed by atoms with Crippen molar-refractivity contribution in [2.75, 3.05) is 0 Å². The summed E-state index contributed by atoms with van der Waals surface area (Å²) < 4.78 is 0. The van der Waals surface area contributed by atoms with Gasteiger partial charge in [0.1, 0.15) is 0 Å². The minimum Gasteiger partial charge on any atom is -0.252 e. The lowest BCUT2D eigenvalue weighted by Gasteiger charge is -2.09. The quantitative estimate of drug-likeness (QED) is 0.346. The summed E-state index contributed by atoms with van der Waals surface area (Å²) in [6.45, 7) is 4.25. The molecule has 0 aromatic rings. The molecule has 0 radical (unpaired) electrons. The molecule has 12 heavy (non-hydrogen) atoms. The smallest absolute Gasteiger partial charge is 0.0924 e. The van der Waals surface area contributed by atoms with E-state index in [0.717, 1.165) is 12.8 Å². The van der Waals surface area contributed by atoms with Crippen molar-refractivity contribution in [3.63, 3.8) is 0 Å². The molecule has 74 valence electrons. The lowest BCUT2D eigenvalue weighted by Crippen LogP contribution is -2.08. The Morgan fingerprint density at radius 2 is 1.75 bits per heavy atom. The maximum atomic E-state index is 8.43. The largest absolute Gasteiger partial charge is 0.252 e. The summed E-state index contributed by atoms with van der Waals surface area (Å²) in [6, 6.07) is 0. The monoisotopic (exact) mass is 174 g/mol.